The molecule has 3 aromatic rings. The number of fused-ring (bicyclic) bond motifs is 1. The lowest BCUT2D eigenvalue weighted by Gasteiger charge is -2.25. The van der Waals surface area contributed by atoms with E-state index in [1.807, 2.05) is 10.9 Å². The van der Waals surface area contributed by atoms with E-state index in [4.69, 9.17) is 4.98 Å². The molecule has 1 aromatic carbocycles. The Morgan fingerprint density at radius 1 is 1.14 bits per heavy atom. The Balaban J connectivity index is 1.61. The maximum Gasteiger partial charge on any atom is 0.173 e. The summed E-state index contributed by atoms with van der Waals surface area (Å²) in [5, 5.41) is 16.4. The van der Waals surface area contributed by atoms with Crippen molar-refractivity contribution < 1.29 is 0 Å². The SMILES string of the molecule is Cc1ccc(CCNC(c2cnc3c(c2)CCC3)c2nnnn2C(C)(C)C)cc1. The third kappa shape index (κ3) is 4.37. The predicted octanol–water partition coefficient (Wildman–Crippen LogP) is 3.54. The van der Waals surface area contributed by atoms with Crippen molar-refractivity contribution in [2.24, 2.45) is 0 Å². The topological polar surface area (TPSA) is 68.5 Å². The molecular weight excluding hydrogens is 360 g/mol. The minimum Gasteiger partial charge on any atom is -0.303 e. The summed E-state index contributed by atoms with van der Waals surface area (Å²) < 4.78 is 1.92. The molecule has 0 radical (unpaired) electrons. The quantitative estimate of drug-likeness (QED) is 0.697. The van der Waals surface area contributed by atoms with Crippen LogP contribution in [0.1, 0.15) is 67.0 Å². The molecule has 0 bridgehead atoms. The molecule has 0 saturated heterocycles. The molecule has 152 valence electrons. The minimum atomic E-state index is -0.195. The minimum absolute atomic E-state index is 0.0897. The van der Waals surface area contributed by atoms with E-state index in [1.54, 1.807) is 0 Å². The van der Waals surface area contributed by atoms with Crippen LogP contribution < -0.4 is 5.32 Å². The standard InChI is InChI=1S/C23H30N6/c1-16-8-10-17(11-9-16)12-13-24-21(22-26-27-28-29(22)23(2,3)4)19-14-18-6-5-7-20(18)25-15-19/h8-11,14-15,21,24H,5-7,12-13H2,1-4H3. The van der Waals surface area contributed by atoms with Gasteiger partial charge in [0.1, 0.15) is 0 Å². The van der Waals surface area contributed by atoms with Crippen LogP contribution in [0.2, 0.25) is 0 Å². The van der Waals surface area contributed by atoms with Crippen molar-refractivity contribution in [3.8, 4) is 0 Å². The van der Waals surface area contributed by atoms with E-state index in [1.165, 1.54) is 28.8 Å². The number of hydrogen-bond acceptors (Lipinski definition) is 5. The van der Waals surface area contributed by atoms with E-state index >= 15 is 0 Å². The average molecular weight is 391 g/mol. The second-order valence-electron chi connectivity index (χ2n) is 8.97. The Hall–Kier alpha value is -2.60. The molecule has 0 amide bonds. The molecule has 2 heterocycles. The van der Waals surface area contributed by atoms with Crippen LogP contribution in [0, 0.1) is 6.92 Å². The fourth-order valence-electron chi connectivity index (χ4n) is 3.93. The van der Waals surface area contributed by atoms with Crippen molar-refractivity contribution >= 4 is 0 Å². The number of nitrogens with one attached hydrogen (secondary N) is 1. The number of pyridine rings is 1. The molecule has 6 heteroatoms. The number of benzene rings is 1. The average Bonchev–Trinajstić information content (AvgIpc) is 3.35. The number of aromatic nitrogens is 5. The van der Waals surface area contributed by atoms with Gasteiger partial charge in [0.05, 0.1) is 11.6 Å². The van der Waals surface area contributed by atoms with Gasteiger partial charge in [-0.05, 0) is 80.5 Å². The van der Waals surface area contributed by atoms with Crippen LogP contribution in [0.4, 0.5) is 0 Å². The maximum atomic E-state index is 4.74. The molecule has 1 N–H and O–H groups in total. The molecule has 4 rings (SSSR count). The van der Waals surface area contributed by atoms with Crippen LogP contribution in [-0.2, 0) is 24.8 Å². The highest BCUT2D eigenvalue weighted by Gasteiger charge is 2.28. The number of nitrogens with zero attached hydrogens (tertiary/aromatic N) is 5. The first-order valence-corrected chi connectivity index (χ1v) is 10.5. The Morgan fingerprint density at radius 3 is 2.69 bits per heavy atom. The van der Waals surface area contributed by atoms with E-state index in [0.29, 0.717) is 0 Å². The van der Waals surface area contributed by atoms with Gasteiger partial charge in [-0.15, -0.1) is 5.10 Å². The Labute approximate surface area is 172 Å². The van der Waals surface area contributed by atoms with Crippen molar-refractivity contribution in [2.75, 3.05) is 6.54 Å². The van der Waals surface area contributed by atoms with Crippen LogP contribution in [-0.4, -0.2) is 31.7 Å². The summed E-state index contributed by atoms with van der Waals surface area (Å²) in [4.78, 5) is 4.74. The van der Waals surface area contributed by atoms with Gasteiger partial charge >= 0.3 is 0 Å². The zero-order valence-electron chi connectivity index (χ0n) is 17.8. The van der Waals surface area contributed by atoms with E-state index in [-0.39, 0.29) is 11.6 Å². The molecule has 1 atom stereocenters. The zero-order chi connectivity index (χ0) is 20.4. The third-order valence-electron chi connectivity index (χ3n) is 5.54. The van der Waals surface area contributed by atoms with E-state index in [9.17, 15) is 0 Å². The van der Waals surface area contributed by atoms with Crippen molar-refractivity contribution in [1.82, 2.24) is 30.5 Å². The van der Waals surface area contributed by atoms with Gasteiger partial charge in [0.25, 0.3) is 0 Å². The molecule has 0 fully saturated rings. The molecular formula is C23H30N6. The highest BCUT2D eigenvalue weighted by molar-refractivity contribution is 5.33. The van der Waals surface area contributed by atoms with Gasteiger partial charge in [-0.25, -0.2) is 4.68 Å². The summed E-state index contributed by atoms with van der Waals surface area (Å²) in [5.41, 5.74) is 6.15. The van der Waals surface area contributed by atoms with Gasteiger partial charge in [-0.3, -0.25) is 4.98 Å². The normalized spacial score (nSPS) is 14.8. The first-order chi connectivity index (χ1) is 13.9. The molecule has 1 aliphatic rings. The summed E-state index contributed by atoms with van der Waals surface area (Å²) in [7, 11) is 0. The first kappa shape index (κ1) is 19.7. The lowest BCUT2D eigenvalue weighted by molar-refractivity contribution is 0.325. The summed E-state index contributed by atoms with van der Waals surface area (Å²) in [6, 6.07) is 10.9. The highest BCUT2D eigenvalue weighted by atomic mass is 15.6. The van der Waals surface area contributed by atoms with Crippen LogP contribution in [0.15, 0.2) is 36.5 Å². The maximum absolute atomic E-state index is 4.74. The molecule has 0 saturated carbocycles. The molecule has 29 heavy (non-hydrogen) atoms. The second kappa shape index (κ2) is 8.03. The van der Waals surface area contributed by atoms with Gasteiger partial charge in [-0.2, -0.15) is 0 Å². The number of tetrazole rings is 1. The number of rotatable bonds is 6. The van der Waals surface area contributed by atoms with Gasteiger partial charge < -0.3 is 5.32 Å². The molecule has 2 aromatic heterocycles. The summed E-state index contributed by atoms with van der Waals surface area (Å²) in [6.07, 6.45) is 6.33. The van der Waals surface area contributed by atoms with E-state index in [0.717, 1.165) is 37.2 Å². The van der Waals surface area contributed by atoms with Crippen LogP contribution in [0.5, 0.6) is 0 Å². The Bertz CT molecular complexity index is 968. The summed E-state index contributed by atoms with van der Waals surface area (Å²) in [6.45, 7) is 9.32. The Morgan fingerprint density at radius 2 is 1.93 bits per heavy atom. The Kier molecular flexibility index (Phi) is 5.46. The summed E-state index contributed by atoms with van der Waals surface area (Å²) >= 11 is 0. The van der Waals surface area contributed by atoms with Gasteiger partial charge in [-0.1, -0.05) is 35.9 Å². The molecule has 0 spiro atoms. The monoisotopic (exact) mass is 390 g/mol. The number of aryl methyl sites for hydroxylation is 3. The largest absolute Gasteiger partial charge is 0.303 e. The zero-order valence-corrected chi connectivity index (χ0v) is 17.8. The lowest BCUT2D eigenvalue weighted by atomic mass is 10.0. The van der Waals surface area contributed by atoms with Crippen LogP contribution in [0.3, 0.4) is 0 Å². The van der Waals surface area contributed by atoms with Crippen LogP contribution in [0.25, 0.3) is 0 Å². The second-order valence-corrected chi connectivity index (χ2v) is 8.97. The highest BCUT2D eigenvalue weighted by Crippen LogP contribution is 2.27. The fourth-order valence-corrected chi connectivity index (χ4v) is 3.93. The third-order valence-corrected chi connectivity index (χ3v) is 5.54. The van der Waals surface area contributed by atoms with Crippen LogP contribution >= 0.6 is 0 Å². The van der Waals surface area contributed by atoms with Crippen molar-refractivity contribution in [2.45, 2.75) is 65.0 Å². The molecule has 1 unspecified atom stereocenters. The van der Waals surface area contributed by atoms with Gasteiger partial charge in [0.15, 0.2) is 5.82 Å². The number of hydrogen-bond donors (Lipinski definition) is 1. The summed E-state index contributed by atoms with van der Waals surface area (Å²) in [5.74, 6) is 0.834. The van der Waals surface area contributed by atoms with E-state index in [2.05, 4.69) is 78.9 Å². The molecule has 1 aliphatic carbocycles. The molecule has 0 aliphatic heterocycles. The molecule has 6 nitrogen and oxygen atoms in total. The lowest BCUT2D eigenvalue weighted by Crippen LogP contribution is -2.33. The predicted molar refractivity (Wildman–Crippen MR) is 114 cm³/mol. The van der Waals surface area contributed by atoms with Crippen molar-refractivity contribution in [1.29, 1.82) is 0 Å². The fraction of sp³-hybridized carbons (Fsp3) is 0.478. The van der Waals surface area contributed by atoms with Crippen molar-refractivity contribution in [3.63, 3.8) is 0 Å². The first-order valence-electron chi connectivity index (χ1n) is 10.5. The van der Waals surface area contributed by atoms with Gasteiger partial charge in [0.2, 0.25) is 0 Å². The van der Waals surface area contributed by atoms with Gasteiger partial charge in [0, 0.05) is 18.4 Å². The van der Waals surface area contributed by atoms with Crippen molar-refractivity contribution in [3.05, 3.63) is 70.3 Å². The van der Waals surface area contributed by atoms with E-state index < -0.39 is 0 Å². The smallest absolute Gasteiger partial charge is 0.173 e.